The monoisotopic (exact) mass is 543 g/mol. The summed E-state index contributed by atoms with van der Waals surface area (Å²) in [5.41, 5.74) is 7.25. The number of fused-ring (bicyclic) bond motifs is 2. The molecule has 0 saturated heterocycles. The van der Waals surface area contributed by atoms with E-state index in [1.807, 2.05) is 36.4 Å². The molecule has 0 unspecified atom stereocenters. The second-order valence-electron chi connectivity index (χ2n) is 10.8. The summed E-state index contributed by atoms with van der Waals surface area (Å²) in [6.07, 6.45) is 1.87. The Morgan fingerprint density at radius 2 is 1.56 bits per heavy atom. The Hall–Kier alpha value is -3.55. The van der Waals surface area contributed by atoms with Crippen molar-refractivity contribution in [1.82, 2.24) is 10.6 Å². The topological polar surface area (TPSA) is 101 Å². The van der Waals surface area contributed by atoms with Gasteiger partial charge in [-0.1, -0.05) is 60.7 Å². The maximum absolute atomic E-state index is 13.8. The van der Waals surface area contributed by atoms with E-state index in [-0.39, 0.29) is 23.5 Å². The van der Waals surface area contributed by atoms with E-state index in [0.29, 0.717) is 32.1 Å². The summed E-state index contributed by atoms with van der Waals surface area (Å²) in [5.74, 6) is -0.726. The van der Waals surface area contributed by atoms with Crippen LogP contribution in [0.5, 0.6) is 0 Å². The predicted octanol–water partition coefficient (Wildman–Crippen LogP) is 5.51. The number of hydrogen-bond acceptors (Lipinski definition) is 5. The Bertz CT molecular complexity index is 1470. The lowest BCUT2D eigenvalue weighted by molar-refractivity contribution is -0.128. The van der Waals surface area contributed by atoms with Crippen molar-refractivity contribution < 1.29 is 14.4 Å². The first kappa shape index (κ1) is 28.5. The summed E-state index contributed by atoms with van der Waals surface area (Å²) in [7, 11) is 0. The van der Waals surface area contributed by atoms with Gasteiger partial charge in [0.2, 0.25) is 11.8 Å². The van der Waals surface area contributed by atoms with Gasteiger partial charge in [0.05, 0.1) is 5.54 Å². The van der Waals surface area contributed by atoms with Gasteiger partial charge in [-0.15, -0.1) is 11.3 Å². The molecule has 0 bridgehead atoms. The molecule has 0 aliphatic rings. The molecular formula is C32H37N3O3S. The van der Waals surface area contributed by atoms with Crippen LogP contribution in [-0.2, 0) is 27.2 Å². The standard InChI is InChI=1S/C32H37N3O3S/c1-21(36)34-30(19-23-12-8-11-22-10-4-5-14-26(22)23)35-31(38)24(13-9-17-29(37)32(2,3)33)18-25-20-39-28-16-7-6-15-27(25)28/h4-8,10-12,14-16,20,24,30H,9,13,17-19,33H2,1-3H3,(H,34,36)(H,35,38)/t24-,30-/m1/s1. The van der Waals surface area contributed by atoms with Gasteiger partial charge in [0.1, 0.15) is 6.17 Å². The average molecular weight is 544 g/mol. The number of ketones is 1. The number of carbonyl (C=O) groups is 3. The number of amides is 2. The third kappa shape index (κ3) is 7.52. The van der Waals surface area contributed by atoms with Crippen LogP contribution >= 0.6 is 11.3 Å². The highest BCUT2D eigenvalue weighted by atomic mass is 32.1. The van der Waals surface area contributed by atoms with Crippen molar-refractivity contribution >= 4 is 49.8 Å². The van der Waals surface area contributed by atoms with Crippen molar-refractivity contribution in [3.8, 4) is 0 Å². The molecular weight excluding hydrogens is 506 g/mol. The van der Waals surface area contributed by atoms with Gasteiger partial charge in [0, 0.05) is 30.4 Å². The second-order valence-corrected chi connectivity index (χ2v) is 11.7. The number of nitrogens with two attached hydrogens (primary N) is 1. The van der Waals surface area contributed by atoms with Crippen molar-refractivity contribution in [3.05, 3.63) is 83.2 Å². The molecule has 204 valence electrons. The van der Waals surface area contributed by atoms with Crippen LogP contribution in [0.1, 0.15) is 51.2 Å². The van der Waals surface area contributed by atoms with Crippen LogP contribution in [0, 0.1) is 5.92 Å². The fraction of sp³-hybridized carbons (Fsp3) is 0.344. The first-order chi connectivity index (χ1) is 18.6. The number of hydrogen-bond donors (Lipinski definition) is 3. The van der Waals surface area contributed by atoms with E-state index in [0.717, 1.165) is 27.3 Å². The highest BCUT2D eigenvalue weighted by Crippen LogP contribution is 2.29. The van der Waals surface area contributed by atoms with Gasteiger partial charge >= 0.3 is 0 Å². The molecule has 0 aliphatic heterocycles. The summed E-state index contributed by atoms with van der Waals surface area (Å²) in [6.45, 7) is 4.88. The zero-order valence-corrected chi connectivity index (χ0v) is 23.6. The molecule has 4 rings (SSSR count). The van der Waals surface area contributed by atoms with Crippen molar-refractivity contribution in [1.29, 1.82) is 0 Å². The molecule has 0 saturated carbocycles. The third-order valence-corrected chi connectivity index (χ3v) is 8.08. The van der Waals surface area contributed by atoms with Gasteiger partial charge in [-0.05, 0) is 71.8 Å². The van der Waals surface area contributed by atoms with Crippen molar-refractivity contribution in [2.75, 3.05) is 0 Å². The van der Waals surface area contributed by atoms with Crippen LogP contribution in [0.3, 0.4) is 0 Å². The number of carbonyl (C=O) groups excluding carboxylic acids is 3. The van der Waals surface area contributed by atoms with Crippen molar-refractivity contribution in [3.63, 3.8) is 0 Å². The number of thiophene rings is 1. The Morgan fingerprint density at radius 3 is 2.31 bits per heavy atom. The van der Waals surface area contributed by atoms with Crippen LogP contribution < -0.4 is 16.4 Å². The molecule has 4 N–H and O–H groups in total. The molecule has 0 aliphatic carbocycles. The van der Waals surface area contributed by atoms with Gasteiger partial charge in [-0.3, -0.25) is 14.4 Å². The van der Waals surface area contributed by atoms with Crippen molar-refractivity contribution in [2.45, 2.75) is 64.6 Å². The van der Waals surface area contributed by atoms with Crippen LogP contribution in [0.2, 0.25) is 0 Å². The van der Waals surface area contributed by atoms with Gasteiger partial charge in [0.25, 0.3) is 0 Å². The van der Waals surface area contributed by atoms with Crippen LogP contribution in [0.15, 0.2) is 72.1 Å². The average Bonchev–Trinajstić information content (AvgIpc) is 3.30. The molecule has 2 amide bonds. The minimum absolute atomic E-state index is 0.0188. The maximum atomic E-state index is 13.8. The number of rotatable bonds is 12. The summed E-state index contributed by atoms with van der Waals surface area (Å²) < 4.78 is 1.18. The van der Waals surface area contributed by atoms with E-state index in [2.05, 4.69) is 46.3 Å². The largest absolute Gasteiger partial charge is 0.336 e. The lowest BCUT2D eigenvalue weighted by atomic mass is 9.90. The summed E-state index contributed by atoms with van der Waals surface area (Å²) >= 11 is 1.67. The first-order valence-corrected chi connectivity index (χ1v) is 14.3. The number of benzene rings is 3. The van der Waals surface area contributed by atoms with Gasteiger partial charge in [-0.2, -0.15) is 0 Å². The van der Waals surface area contributed by atoms with E-state index < -0.39 is 11.7 Å². The molecule has 1 aromatic heterocycles. The summed E-state index contributed by atoms with van der Waals surface area (Å²) in [6, 6.07) is 22.3. The van der Waals surface area contributed by atoms with Crippen LogP contribution in [0.25, 0.3) is 20.9 Å². The zero-order chi connectivity index (χ0) is 28.0. The SMILES string of the molecule is CC(=O)N[C@@H](Cc1cccc2ccccc12)NC(=O)[C@H](CCCC(=O)C(C)(C)N)Cc1csc2ccccc12. The Kier molecular flexibility index (Phi) is 9.15. The van der Waals surface area contributed by atoms with E-state index in [9.17, 15) is 14.4 Å². The van der Waals surface area contributed by atoms with Crippen LogP contribution in [-0.4, -0.2) is 29.3 Å². The Morgan fingerprint density at radius 1 is 0.872 bits per heavy atom. The molecule has 0 fully saturated rings. The molecule has 0 spiro atoms. The summed E-state index contributed by atoms with van der Waals surface area (Å²) in [4.78, 5) is 38.3. The molecule has 39 heavy (non-hydrogen) atoms. The fourth-order valence-electron chi connectivity index (χ4n) is 4.98. The van der Waals surface area contributed by atoms with Gasteiger partial charge < -0.3 is 16.4 Å². The number of Topliss-reactive ketones (excluding diaryl/α,β-unsaturated/α-hetero) is 1. The van der Waals surface area contributed by atoms with Gasteiger partial charge in [-0.25, -0.2) is 0 Å². The lowest BCUT2D eigenvalue weighted by Crippen LogP contribution is -2.50. The maximum Gasteiger partial charge on any atom is 0.225 e. The molecule has 0 radical (unpaired) electrons. The minimum Gasteiger partial charge on any atom is -0.336 e. The summed E-state index contributed by atoms with van der Waals surface area (Å²) in [5, 5.41) is 11.5. The normalized spacial score (nSPS) is 13.2. The number of nitrogens with one attached hydrogen (secondary N) is 2. The first-order valence-electron chi connectivity index (χ1n) is 13.4. The van der Waals surface area contributed by atoms with E-state index in [1.165, 1.54) is 11.6 Å². The molecule has 1 heterocycles. The molecule has 4 aromatic rings. The fourth-order valence-corrected chi connectivity index (χ4v) is 5.95. The molecule has 3 aromatic carbocycles. The second kappa shape index (κ2) is 12.5. The van der Waals surface area contributed by atoms with Crippen molar-refractivity contribution in [2.24, 2.45) is 11.7 Å². The lowest BCUT2D eigenvalue weighted by Gasteiger charge is -2.24. The van der Waals surface area contributed by atoms with E-state index in [4.69, 9.17) is 5.73 Å². The Labute approximate surface area is 234 Å². The molecule has 7 heteroatoms. The van der Waals surface area contributed by atoms with Crippen LogP contribution in [0.4, 0.5) is 0 Å². The Balaban J connectivity index is 1.54. The third-order valence-electron chi connectivity index (χ3n) is 7.07. The van der Waals surface area contributed by atoms with Gasteiger partial charge in [0.15, 0.2) is 5.78 Å². The molecule has 2 atom stereocenters. The van der Waals surface area contributed by atoms with E-state index in [1.54, 1.807) is 25.2 Å². The quantitative estimate of drug-likeness (QED) is 0.205. The zero-order valence-electron chi connectivity index (χ0n) is 22.8. The predicted molar refractivity (Wildman–Crippen MR) is 160 cm³/mol. The van der Waals surface area contributed by atoms with E-state index >= 15 is 0 Å². The smallest absolute Gasteiger partial charge is 0.225 e. The molecule has 6 nitrogen and oxygen atoms in total. The highest BCUT2D eigenvalue weighted by Gasteiger charge is 2.26. The minimum atomic E-state index is -0.893. The highest BCUT2D eigenvalue weighted by molar-refractivity contribution is 7.17.